The van der Waals surface area contributed by atoms with E-state index in [-0.39, 0.29) is 5.41 Å². The maximum atomic E-state index is 11.2. The molecule has 0 fully saturated rings. The van der Waals surface area contributed by atoms with Crippen molar-refractivity contribution in [2.45, 2.75) is 26.2 Å². The standard InChI is InChI=1S/C13H21N3O/c1-13(2,3)10-6-5-9(12(14)17)7-11(10)16-8-15-4/h5-7,15-16H,8H2,1-4H3,(H2,14,17). The van der Waals surface area contributed by atoms with Gasteiger partial charge >= 0.3 is 0 Å². The molecule has 17 heavy (non-hydrogen) atoms. The lowest BCUT2D eigenvalue weighted by molar-refractivity contribution is 0.100. The zero-order chi connectivity index (χ0) is 13.1. The Morgan fingerprint density at radius 1 is 1.35 bits per heavy atom. The molecule has 0 aliphatic heterocycles. The molecule has 1 aromatic rings. The van der Waals surface area contributed by atoms with Crippen LogP contribution < -0.4 is 16.4 Å². The van der Waals surface area contributed by atoms with Gasteiger partial charge in [0, 0.05) is 11.3 Å². The van der Waals surface area contributed by atoms with E-state index < -0.39 is 5.91 Å². The minimum Gasteiger partial charge on any atom is -0.372 e. The van der Waals surface area contributed by atoms with E-state index in [0.717, 1.165) is 11.3 Å². The summed E-state index contributed by atoms with van der Waals surface area (Å²) in [5, 5.41) is 6.26. The van der Waals surface area contributed by atoms with Crippen molar-refractivity contribution in [3.8, 4) is 0 Å². The molecule has 0 saturated heterocycles. The third kappa shape index (κ3) is 3.46. The summed E-state index contributed by atoms with van der Waals surface area (Å²) in [6.07, 6.45) is 0. The highest BCUT2D eigenvalue weighted by Gasteiger charge is 2.18. The first kappa shape index (κ1) is 13.5. The molecule has 0 saturated carbocycles. The summed E-state index contributed by atoms with van der Waals surface area (Å²) in [5.74, 6) is -0.405. The van der Waals surface area contributed by atoms with Gasteiger partial charge in [0.1, 0.15) is 0 Å². The Kier molecular flexibility index (Phi) is 4.12. The Morgan fingerprint density at radius 2 is 2.00 bits per heavy atom. The third-order valence-corrected chi connectivity index (χ3v) is 2.57. The summed E-state index contributed by atoms with van der Waals surface area (Å²) in [6.45, 7) is 7.05. The molecule has 4 heteroatoms. The lowest BCUT2D eigenvalue weighted by atomic mass is 9.85. The van der Waals surface area contributed by atoms with Gasteiger partial charge in [0.05, 0.1) is 6.67 Å². The zero-order valence-corrected chi connectivity index (χ0v) is 10.9. The average molecular weight is 235 g/mol. The van der Waals surface area contributed by atoms with Crippen LogP contribution in [0.3, 0.4) is 0 Å². The van der Waals surface area contributed by atoms with Crippen molar-refractivity contribution in [3.63, 3.8) is 0 Å². The van der Waals surface area contributed by atoms with E-state index in [9.17, 15) is 4.79 Å². The largest absolute Gasteiger partial charge is 0.372 e. The highest BCUT2D eigenvalue weighted by Crippen LogP contribution is 2.30. The molecule has 4 nitrogen and oxygen atoms in total. The van der Waals surface area contributed by atoms with Crippen molar-refractivity contribution in [2.24, 2.45) is 5.73 Å². The number of rotatable bonds is 4. The summed E-state index contributed by atoms with van der Waals surface area (Å²) >= 11 is 0. The molecule has 0 aliphatic carbocycles. The van der Waals surface area contributed by atoms with Crippen LogP contribution in [0.1, 0.15) is 36.7 Å². The second-order valence-electron chi connectivity index (χ2n) is 5.08. The topological polar surface area (TPSA) is 67.2 Å². The molecule has 4 N–H and O–H groups in total. The summed E-state index contributed by atoms with van der Waals surface area (Å²) in [7, 11) is 1.86. The number of nitrogens with one attached hydrogen (secondary N) is 2. The molecule has 1 rings (SSSR count). The highest BCUT2D eigenvalue weighted by molar-refractivity contribution is 5.94. The summed E-state index contributed by atoms with van der Waals surface area (Å²) < 4.78 is 0. The Morgan fingerprint density at radius 3 is 2.47 bits per heavy atom. The lowest BCUT2D eigenvalue weighted by Crippen LogP contribution is -2.22. The predicted molar refractivity (Wildman–Crippen MR) is 71.2 cm³/mol. The fourth-order valence-corrected chi connectivity index (χ4v) is 1.68. The van der Waals surface area contributed by atoms with Crippen molar-refractivity contribution in [1.82, 2.24) is 5.32 Å². The van der Waals surface area contributed by atoms with E-state index in [1.807, 2.05) is 13.1 Å². The number of hydrogen-bond donors (Lipinski definition) is 3. The molecule has 0 unspecified atom stereocenters. The Hall–Kier alpha value is -1.55. The smallest absolute Gasteiger partial charge is 0.248 e. The SMILES string of the molecule is CNCNc1cc(C(N)=O)ccc1C(C)(C)C. The van der Waals surface area contributed by atoms with Crippen LogP contribution in [0, 0.1) is 0 Å². The van der Waals surface area contributed by atoms with Crippen LogP contribution in [0.2, 0.25) is 0 Å². The maximum Gasteiger partial charge on any atom is 0.248 e. The van der Waals surface area contributed by atoms with Crippen molar-refractivity contribution in [2.75, 3.05) is 19.0 Å². The van der Waals surface area contributed by atoms with Gasteiger partial charge in [-0.05, 0) is 30.2 Å². The van der Waals surface area contributed by atoms with Gasteiger partial charge in [-0.2, -0.15) is 0 Å². The number of carbonyl (C=O) groups is 1. The van der Waals surface area contributed by atoms with E-state index in [1.54, 1.807) is 12.1 Å². The van der Waals surface area contributed by atoms with Crippen molar-refractivity contribution in [1.29, 1.82) is 0 Å². The molecule has 1 amide bonds. The quantitative estimate of drug-likeness (QED) is 0.695. The molecular formula is C13H21N3O. The molecule has 0 spiro atoms. The number of anilines is 1. The van der Waals surface area contributed by atoms with Gasteiger partial charge in [-0.25, -0.2) is 0 Å². The monoisotopic (exact) mass is 235 g/mol. The molecule has 0 aromatic heterocycles. The minimum atomic E-state index is -0.405. The Labute approximate surface area is 103 Å². The predicted octanol–water partition coefficient (Wildman–Crippen LogP) is 1.67. The number of hydrogen-bond acceptors (Lipinski definition) is 3. The molecule has 94 valence electrons. The number of amides is 1. The number of benzene rings is 1. The van der Waals surface area contributed by atoms with E-state index in [0.29, 0.717) is 12.2 Å². The van der Waals surface area contributed by atoms with Crippen LogP contribution in [0.5, 0.6) is 0 Å². The number of primary amides is 1. The average Bonchev–Trinajstić information content (AvgIpc) is 2.24. The van der Waals surface area contributed by atoms with Crippen LogP contribution in [0.4, 0.5) is 5.69 Å². The minimum absolute atomic E-state index is 0.0201. The van der Waals surface area contributed by atoms with Crippen LogP contribution >= 0.6 is 0 Å². The van der Waals surface area contributed by atoms with Gasteiger partial charge in [-0.1, -0.05) is 26.8 Å². The van der Waals surface area contributed by atoms with Crippen LogP contribution in [-0.4, -0.2) is 19.6 Å². The van der Waals surface area contributed by atoms with Gasteiger partial charge in [-0.15, -0.1) is 0 Å². The molecule has 0 aliphatic rings. The van der Waals surface area contributed by atoms with Crippen molar-refractivity contribution >= 4 is 11.6 Å². The fraction of sp³-hybridized carbons (Fsp3) is 0.462. The Bertz CT molecular complexity index is 408. The molecular weight excluding hydrogens is 214 g/mol. The molecule has 0 bridgehead atoms. The Balaban J connectivity index is 3.17. The van der Waals surface area contributed by atoms with Crippen molar-refractivity contribution < 1.29 is 4.79 Å². The normalized spacial score (nSPS) is 11.3. The molecule has 0 radical (unpaired) electrons. The van der Waals surface area contributed by atoms with E-state index in [4.69, 9.17) is 5.73 Å². The molecule has 0 atom stereocenters. The summed E-state index contributed by atoms with van der Waals surface area (Å²) in [6, 6.07) is 5.53. The van der Waals surface area contributed by atoms with E-state index in [1.165, 1.54) is 0 Å². The van der Waals surface area contributed by atoms with Gasteiger partial charge < -0.3 is 16.4 Å². The second-order valence-corrected chi connectivity index (χ2v) is 5.08. The number of carbonyl (C=O) groups excluding carboxylic acids is 1. The van der Waals surface area contributed by atoms with Crippen molar-refractivity contribution in [3.05, 3.63) is 29.3 Å². The molecule has 1 aromatic carbocycles. The van der Waals surface area contributed by atoms with Crippen LogP contribution in [-0.2, 0) is 5.41 Å². The van der Waals surface area contributed by atoms with Gasteiger partial charge in [-0.3, -0.25) is 4.79 Å². The first-order valence-corrected chi connectivity index (χ1v) is 5.69. The van der Waals surface area contributed by atoms with E-state index >= 15 is 0 Å². The second kappa shape index (κ2) is 5.19. The summed E-state index contributed by atoms with van der Waals surface area (Å²) in [4.78, 5) is 11.2. The lowest BCUT2D eigenvalue weighted by Gasteiger charge is -2.24. The third-order valence-electron chi connectivity index (χ3n) is 2.57. The fourth-order valence-electron chi connectivity index (χ4n) is 1.68. The highest BCUT2D eigenvalue weighted by atomic mass is 16.1. The van der Waals surface area contributed by atoms with Crippen LogP contribution in [0.25, 0.3) is 0 Å². The maximum absolute atomic E-state index is 11.2. The van der Waals surface area contributed by atoms with E-state index in [2.05, 4.69) is 31.4 Å². The summed E-state index contributed by atoms with van der Waals surface area (Å²) in [5.41, 5.74) is 7.94. The van der Waals surface area contributed by atoms with Gasteiger partial charge in [0.25, 0.3) is 0 Å². The zero-order valence-electron chi connectivity index (χ0n) is 10.9. The van der Waals surface area contributed by atoms with Crippen LogP contribution in [0.15, 0.2) is 18.2 Å². The number of nitrogens with two attached hydrogens (primary N) is 1. The first-order valence-electron chi connectivity index (χ1n) is 5.69. The van der Waals surface area contributed by atoms with Gasteiger partial charge in [0.2, 0.25) is 5.91 Å². The molecule has 0 heterocycles. The van der Waals surface area contributed by atoms with Gasteiger partial charge in [0.15, 0.2) is 0 Å². The first-order chi connectivity index (χ1) is 7.86.